The smallest absolute Gasteiger partial charge is 0.437 e. The lowest BCUT2D eigenvalue weighted by atomic mass is 9.88. The van der Waals surface area contributed by atoms with E-state index in [0.717, 1.165) is 86.7 Å². The number of rotatable bonds is 25. The van der Waals surface area contributed by atoms with Crippen molar-refractivity contribution in [3.8, 4) is 0 Å². The van der Waals surface area contributed by atoms with Crippen molar-refractivity contribution < 1.29 is 38.9 Å². The SMILES string of the molecule is C[Si](C)(C)O[Si](C)(CCC1CCC2OC2C1)O[Si](CCC1CCC2OC2C1)(O[Si](C)(c1ccccc1)c1ccccc1)O[Si](O[Si](C)(CCC1CCC2OC2C1)O[Si](C)(C)C)(c1ccccc1)c1ccccc1. The molecule has 396 valence electrons. The fourth-order valence-electron chi connectivity index (χ4n) is 13.0. The maximum atomic E-state index is 8.83. The summed E-state index contributed by atoms with van der Waals surface area (Å²) in [5.74, 6) is 1.61. The van der Waals surface area contributed by atoms with Gasteiger partial charge in [-0.25, -0.2) is 0 Å². The number of hydrogen-bond donors (Lipinski definition) is 0. The molecule has 3 saturated carbocycles. The number of ether oxygens (including phenoxy) is 3. The second-order valence-electron chi connectivity index (χ2n) is 25.2. The Morgan fingerprint density at radius 3 is 1.05 bits per heavy atom. The number of hydrogen-bond acceptors (Lipinski definition) is 9. The van der Waals surface area contributed by atoms with Gasteiger partial charge < -0.3 is 38.9 Å². The first-order chi connectivity index (χ1) is 34.8. The third-order valence-corrected chi connectivity index (χ3v) is 44.4. The maximum Gasteiger partial charge on any atom is 0.473 e. The molecular weight excluding hydrogens is 1030 g/mol. The molecule has 3 aliphatic carbocycles. The molecule has 0 spiro atoms. The fourth-order valence-corrected chi connectivity index (χ4v) is 47.8. The highest BCUT2D eigenvalue weighted by molar-refractivity contribution is 7.06. The molecule has 6 fully saturated rings. The van der Waals surface area contributed by atoms with Crippen molar-refractivity contribution >= 4 is 80.2 Å². The summed E-state index contributed by atoms with van der Waals surface area (Å²) in [5.41, 5.74) is 0. The summed E-state index contributed by atoms with van der Waals surface area (Å²) < 4.78 is 68.2. The predicted octanol–water partition coefficient (Wildman–Crippen LogP) is 11.4. The van der Waals surface area contributed by atoms with E-state index in [-0.39, 0.29) is 0 Å². The van der Waals surface area contributed by atoms with Crippen molar-refractivity contribution in [1.82, 2.24) is 0 Å². The van der Waals surface area contributed by atoms with E-state index >= 15 is 0 Å². The van der Waals surface area contributed by atoms with Gasteiger partial charge in [0.05, 0.1) is 36.6 Å². The van der Waals surface area contributed by atoms with Gasteiger partial charge in [0.1, 0.15) is 0 Å². The van der Waals surface area contributed by atoms with Crippen LogP contribution in [-0.4, -0.2) is 96.1 Å². The zero-order valence-corrected chi connectivity index (χ0v) is 52.5. The lowest BCUT2D eigenvalue weighted by Gasteiger charge is -2.50. The molecule has 9 nitrogen and oxygen atoms in total. The van der Waals surface area contributed by atoms with Crippen LogP contribution in [0, 0.1) is 17.8 Å². The minimum absolute atomic E-state index is 0.351. The van der Waals surface area contributed by atoms with Crippen LogP contribution >= 0.6 is 0 Å². The predicted molar refractivity (Wildman–Crippen MR) is 310 cm³/mol. The summed E-state index contributed by atoms with van der Waals surface area (Å²) >= 11 is 0. The summed E-state index contributed by atoms with van der Waals surface area (Å²) in [4.78, 5) is 0. The largest absolute Gasteiger partial charge is 0.473 e. The summed E-state index contributed by atoms with van der Waals surface area (Å²) in [6.07, 6.45) is 15.7. The van der Waals surface area contributed by atoms with E-state index < -0.39 is 59.4 Å². The maximum absolute atomic E-state index is 8.83. The Balaban J connectivity index is 1.16. The van der Waals surface area contributed by atoms with Crippen LogP contribution in [-0.2, 0) is 38.9 Å². The molecule has 3 saturated heterocycles. The lowest BCUT2D eigenvalue weighted by Crippen LogP contribution is -2.77. The van der Waals surface area contributed by atoms with Crippen molar-refractivity contribution in [1.29, 1.82) is 0 Å². The van der Waals surface area contributed by atoms with Gasteiger partial charge in [0.25, 0.3) is 0 Å². The molecule has 16 heteroatoms. The van der Waals surface area contributed by atoms with Crippen molar-refractivity contribution in [2.24, 2.45) is 17.8 Å². The Kier molecular flexibility index (Phi) is 16.4. The van der Waals surface area contributed by atoms with Crippen molar-refractivity contribution in [3.63, 3.8) is 0 Å². The highest BCUT2D eigenvalue weighted by Gasteiger charge is 2.63. The van der Waals surface area contributed by atoms with Crippen molar-refractivity contribution in [2.45, 2.75) is 191 Å². The third kappa shape index (κ3) is 13.8. The molecule has 4 aromatic rings. The first kappa shape index (κ1) is 54.4. The van der Waals surface area contributed by atoms with E-state index in [1.165, 1.54) is 23.2 Å². The molecule has 12 unspecified atom stereocenters. The van der Waals surface area contributed by atoms with Crippen LogP contribution in [0.15, 0.2) is 121 Å². The Morgan fingerprint density at radius 1 is 0.356 bits per heavy atom. The number of epoxide rings is 3. The molecule has 0 amide bonds. The van der Waals surface area contributed by atoms with Crippen LogP contribution in [0.4, 0.5) is 0 Å². The zero-order valence-electron chi connectivity index (χ0n) is 45.5. The minimum Gasteiger partial charge on any atom is -0.437 e. The molecule has 6 aliphatic rings. The fraction of sp³-hybridized carbons (Fsp3) is 0.579. The highest BCUT2D eigenvalue weighted by Crippen LogP contribution is 2.46. The van der Waals surface area contributed by atoms with Gasteiger partial charge in [-0.3, -0.25) is 0 Å². The average molecular weight is 1110 g/mol. The van der Waals surface area contributed by atoms with Crippen LogP contribution in [0.25, 0.3) is 0 Å². The monoisotopic (exact) mass is 1110 g/mol. The molecule has 0 N–H and O–H groups in total. The van der Waals surface area contributed by atoms with Gasteiger partial charge in [-0.05, 0) is 187 Å². The van der Waals surface area contributed by atoms with Gasteiger partial charge >= 0.3 is 34.5 Å². The van der Waals surface area contributed by atoms with Gasteiger partial charge in [0, 0.05) is 6.04 Å². The number of fused-ring (bicyclic) bond motifs is 3. The quantitative estimate of drug-likeness (QED) is 0.0475. The standard InChI is InChI=1S/C57H86O9Si7/c1-67(2,3)61-69(7,39-36-45-30-33-52-55(42-45)58-52)63-72(41-38-47-32-35-54-57(44-47)60-54,65-71(9,48-22-14-10-15-23-48)49-24-16-11-17-25-49)66-73(50-26-18-12-19-27-50,51-28-20-13-21-29-51)64-70(8,62-68(4,5)6)40-37-46-31-34-53-56(43-46)59-53/h10-29,45-47,52-57H,30-44H2,1-9H3. The summed E-state index contributed by atoms with van der Waals surface area (Å²) in [6.45, 7) is 21.1. The summed E-state index contributed by atoms with van der Waals surface area (Å²) in [7, 11) is -21.9. The second-order valence-corrected chi connectivity index (χ2v) is 51.6. The van der Waals surface area contributed by atoms with Crippen molar-refractivity contribution in [2.75, 3.05) is 0 Å². The topological polar surface area (TPSA) is 93.0 Å². The van der Waals surface area contributed by atoms with E-state index in [0.29, 0.717) is 60.4 Å². The van der Waals surface area contributed by atoms with Crippen LogP contribution in [0.3, 0.4) is 0 Å². The first-order valence-corrected chi connectivity index (χ1v) is 46.2. The lowest BCUT2D eigenvalue weighted by molar-refractivity contribution is 0.198. The van der Waals surface area contributed by atoms with Crippen LogP contribution in [0.1, 0.15) is 77.0 Å². The molecular formula is C57H86O9Si7. The normalized spacial score (nSPS) is 29.4. The van der Waals surface area contributed by atoms with E-state index in [9.17, 15) is 0 Å². The molecule has 73 heavy (non-hydrogen) atoms. The Hall–Kier alpha value is -1.96. The summed E-state index contributed by atoms with van der Waals surface area (Å²) in [6, 6.07) is 46.3. The van der Waals surface area contributed by atoms with E-state index in [2.05, 4.69) is 180 Å². The van der Waals surface area contributed by atoms with Gasteiger partial charge in [0.2, 0.25) is 8.32 Å². The van der Waals surface area contributed by atoms with Crippen LogP contribution in [0.2, 0.25) is 77.1 Å². The van der Waals surface area contributed by atoms with Crippen molar-refractivity contribution in [3.05, 3.63) is 121 Å². The van der Waals surface area contributed by atoms with Gasteiger partial charge in [-0.15, -0.1) is 0 Å². The molecule has 0 radical (unpaired) electrons. The van der Waals surface area contributed by atoms with E-state index in [1.54, 1.807) is 0 Å². The van der Waals surface area contributed by atoms with Crippen LogP contribution < -0.4 is 20.7 Å². The Bertz CT molecular complexity index is 2340. The van der Waals surface area contributed by atoms with Gasteiger partial charge in [0.15, 0.2) is 16.6 Å². The minimum atomic E-state index is -4.08. The molecule has 0 bridgehead atoms. The van der Waals surface area contributed by atoms with Crippen LogP contribution in [0.5, 0.6) is 0 Å². The Morgan fingerprint density at radius 2 is 0.699 bits per heavy atom. The summed E-state index contributed by atoms with van der Waals surface area (Å²) in [5, 5.41) is 4.49. The molecule has 3 heterocycles. The first-order valence-electron chi connectivity index (χ1n) is 28.2. The van der Waals surface area contributed by atoms with E-state index in [4.69, 9.17) is 38.9 Å². The third-order valence-electron chi connectivity index (χ3n) is 16.6. The van der Waals surface area contributed by atoms with Gasteiger partial charge in [-0.2, -0.15) is 0 Å². The second kappa shape index (κ2) is 22.1. The highest BCUT2D eigenvalue weighted by atomic mass is 28.5. The molecule has 10 rings (SSSR count). The molecule has 0 aromatic heterocycles. The molecule has 3 aliphatic heterocycles. The van der Waals surface area contributed by atoms with Gasteiger partial charge in [-0.1, -0.05) is 121 Å². The molecule has 12 atom stereocenters. The molecule has 4 aromatic carbocycles. The van der Waals surface area contributed by atoms with E-state index in [1.807, 2.05) is 0 Å². The Labute approximate surface area is 446 Å². The zero-order chi connectivity index (χ0) is 51.1. The average Bonchev–Trinajstić information content (AvgIpc) is 4.27. The number of benzene rings is 4.